The van der Waals surface area contributed by atoms with E-state index in [1.54, 1.807) is 12.1 Å². The number of carbonyl (C=O) groups excluding carboxylic acids is 1. The van der Waals surface area contributed by atoms with Crippen molar-refractivity contribution in [1.29, 1.82) is 0 Å². The van der Waals surface area contributed by atoms with E-state index in [1.165, 1.54) is 30.5 Å². The lowest BCUT2D eigenvalue weighted by Crippen LogP contribution is -2.35. The Labute approximate surface area is 157 Å². The van der Waals surface area contributed by atoms with Gasteiger partial charge in [0.25, 0.3) is 0 Å². The lowest BCUT2D eigenvalue weighted by molar-refractivity contribution is -0.147. The highest BCUT2D eigenvalue weighted by molar-refractivity contribution is 5.73. The molecule has 2 N–H and O–H groups in total. The molecule has 0 fully saturated rings. The Morgan fingerprint density at radius 2 is 1.86 bits per heavy atom. The van der Waals surface area contributed by atoms with E-state index in [4.69, 9.17) is 0 Å². The van der Waals surface area contributed by atoms with Crippen LogP contribution in [0.15, 0.2) is 42.6 Å². The quantitative estimate of drug-likeness (QED) is 0.496. The lowest BCUT2D eigenvalue weighted by Gasteiger charge is -2.11. The van der Waals surface area contributed by atoms with Crippen molar-refractivity contribution < 1.29 is 22.4 Å². The van der Waals surface area contributed by atoms with Gasteiger partial charge in [-0.1, -0.05) is 12.1 Å². The molecule has 2 aromatic heterocycles. The lowest BCUT2D eigenvalue weighted by atomic mass is 10.2. The van der Waals surface area contributed by atoms with Gasteiger partial charge < -0.3 is 15.2 Å². The maximum absolute atomic E-state index is 13.2. The number of aromatic nitrogens is 3. The van der Waals surface area contributed by atoms with E-state index in [-0.39, 0.29) is 43.0 Å². The Balaban J connectivity index is 1.52. The van der Waals surface area contributed by atoms with Gasteiger partial charge in [-0.05, 0) is 36.2 Å². The minimum atomic E-state index is -4.60. The van der Waals surface area contributed by atoms with Gasteiger partial charge in [0.15, 0.2) is 5.65 Å². The van der Waals surface area contributed by atoms with Crippen molar-refractivity contribution in [3.8, 4) is 0 Å². The zero-order chi connectivity index (χ0) is 20.1. The summed E-state index contributed by atoms with van der Waals surface area (Å²) < 4.78 is 53.4. The molecule has 0 aliphatic carbocycles. The summed E-state index contributed by atoms with van der Waals surface area (Å²) in [5.41, 5.74) is 1.04. The topological polar surface area (TPSA) is 71.8 Å². The second-order valence-corrected chi connectivity index (χ2v) is 6.02. The molecule has 0 aliphatic rings. The van der Waals surface area contributed by atoms with Crippen LogP contribution < -0.4 is 10.6 Å². The van der Waals surface area contributed by atoms with Gasteiger partial charge in [0.1, 0.15) is 11.3 Å². The number of nitrogens with one attached hydrogen (secondary N) is 2. The molecule has 0 radical (unpaired) electrons. The Kier molecular flexibility index (Phi) is 5.76. The summed E-state index contributed by atoms with van der Waals surface area (Å²) in [5, 5.41) is 5.17. The number of fused-ring (bicyclic) bond motifs is 1. The van der Waals surface area contributed by atoms with Crippen molar-refractivity contribution in [2.24, 2.45) is 0 Å². The minimum absolute atomic E-state index is 0.000594. The van der Waals surface area contributed by atoms with Crippen molar-refractivity contribution in [2.75, 3.05) is 6.54 Å². The number of carbonyl (C=O) groups is 1. The summed E-state index contributed by atoms with van der Waals surface area (Å²) in [6.07, 6.45) is -2.93. The minimum Gasteiger partial charge on any atom is -0.338 e. The van der Waals surface area contributed by atoms with Crippen LogP contribution in [0.4, 0.5) is 22.4 Å². The third kappa shape index (κ3) is 4.76. The first-order valence-corrected chi connectivity index (χ1v) is 8.49. The third-order valence-electron chi connectivity index (χ3n) is 3.97. The first-order valence-electron chi connectivity index (χ1n) is 8.49. The van der Waals surface area contributed by atoms with Crippen LogP contribution in [0, 0.1) is 5.82 Å². The molecule has 0 spiro atoms. The largest absolute Gasteiger partial charge is 0.449 e. The van der Waals surface area contributed by atoms with Gasteiger partial charge in [0.05, 0.1) is 0 Å². The van der Waals surface area contributed by atoms with E-state index in [1.807, 2.05) is 0 Å². The summed E-state index contributed by atoms with van der Waals surface area (Å²) in [6.45, 7) is 0.375. The number of urea groups is 1. The monoisotopic (exact) mass is 395 g/mol. The van der Waals surface area contributed by atoms with E-state index in [0.717, 1.165) is 10.1 Å². The van der Waals surface area contributed by atoms with E-state index in [0.29, 0.717) is 0 Å². The molecule has 0 bridgehead atoms. The van der Waals surface area contributed by atoms with Crippen molar-refractivity contribution in [1.82, 2.24) is 25.2 Å². The summed E-state index contributed by atoms with van der Waals surface area (Å²) in [7, 11) is 0. The van der Waals surface area contributed by atoms with Crippen molar-refractivity contribution in [3.05, 3.63) is 59.8 Å². The maximum atomic E-state index is 13.2. The highest BCUT2D eigenvalue weighted by atomic mass is 19.4. The van der Waals surface area contributed by atoms with Gasteiger partial charge in [-0.25, -0.2) is 19.2 Å². The number of alkyl halides is 3. The van der Waals surface area contributed by atoms with Crippen LogP contribution in [0.2, 0.25) is 0 Å². The molecule has 2 amide bonds. The predicted octanol–water partition coefficient (Wildman–Crippen LogP) is 3.48. The van der Waals surface area contributed by atoms with Gasteiger partial charge >= 0.3 is 12.2 Å². The Morgan fingerprint density at radius 3 is 2.57 bits per heavy atom. The fraction of sp³-hybridized carbons (Fsp3) is 0.278. The first-order chi connectivity index (χ1) is 13.3. The average molecular weight is 395 g/mol. The Bertz CT molecular complexity index is 953. The van der Waals surface area contributed by atoms with E-state index in [9.17, 15) is 22.4 Å². The number of benzene rings is 1. The van der Waals surface area contributed by atoms with Gasteiger partial charge in [0.2, 0.25) is 5.82 Å². The number of imidazole rings is 1. The van der Waals surface area contributed by atoms with Crippen LogP contribution in [0.3, 0.4) is 0 Å². The van der Waals surface area contributed by atoms with Crippen molar-refractivity contribution >= 4 is 17.2 Å². The average Bonchev–Trinajstić information content (AvgIpc) is 3.04. The molecule has 1 aromatic carbocycles. The van der Waals surface area contributed by atoms with Crippen molar-refractivity contribution in [2.45, 2.75) is 25.7 Å². The summed E-state index contributed by atoms with van der Waals surface area (Å²) in [4.78, 5) is 19.4. The molecule has 0 aliphatic heterocycles. The predicted molar refractivity (Wildman–Crippen MR) is 93.8 cm³/mol. The second-order valence-electron chi connectivity index (χ2n) is 6.02. The molecule has 10 heteroatoms. The Morgan fingerprint density at radius 1 is 1.11 bits per heavy atom. The van der Waals surface area contributed by atoms with Gasteiger partial charge in [-0.15, -0.1) is 0 Å². The van der Waals surface area contributed by atoms with E-state index >= 15 is 0 Å². The number of pyridine rings is 1. The molecule has 0 saturated heterocycles. The highest BCUT2D eigenvalue weighted by Gasteiger charge is 2.37. The molecular formula is C18H17F4N5O. The smallest absolute Gasteiger partial charge is 0.338 e. The van der Waals surface area contributed by atoms with Crippen LogP contribution >= 0.6 is 0 Å². The van der Waals surface area contributed by atoms with Crippen LogP contribution in [0.1, 0.15) is 17.8 Å². The molecule has 6 nitrogen and oxygen atoms in total. The van der Waals surface area contributed by atoms with Crippen LogP contribution in [0.5, 0.6) is 0 Å². The Hall–Kier alpha value is -3.17. The number of rotatable bonds is 6. The SMILES string of the molecule is O=C(NCCCn1c(C(F)(F)F)nc2cccnc21)NCc1ccc(F)cc1. The number of hydrogen-bond donors (Lipinski definition) is 2. The molecular weight excluding hydrogens is 378 g/mol. The number of halogens is 4. The number of hydrogen-bond acceptors (Lipinski definition) is 3. The molecule has 0 unspecified atom stereocenters. The molecule has 2 heterocycles. The fourth-order valence-electron chi connectivity index (χ4n) is 2.67. The van der Waals surface area contributed by atoms with Crippen LogP contribution in [0.25, 0.3) is 11.2 Å². The second kappa shape index (κ2) is 8.24. The summed E-state index contributed by atoms with van der Waals surface area (Å²) in [5.74, 6) is -1.38. The molecule has 3 aromatic rings. The number of nitrogens with zero attached hydrogens (tertiary/aromatic N) is 3. The summed E-state index contributed by atoms with van der Waals surface area (Å²) in [6, 6.07) is 8.20. The number of amides is 2. The highest BCUT2D eigenvalue weighted by Crippen LogP contribution is 2.30. The van der Waals surface area contributed by atoms with Gasteiger partial charge in [-0.3, -0.25) is 0 Å². The standard InChI is InChI=1S/C18H17F4N5O/c19-13-6-4-12(5-7-13)11-25-17(28)24-9-2-10-27-15-14(3-1-8-23-15)26-16(27)18(20,21)22/h1,3-8H,2,9-11H2,(H2,24,25,28). The fourth-order valence-corrected chi connectivity index (χ4v) is 2.67. The van der Waals surface area contributed by atoms with Crippen LogP contribution in [-0.2, 0) is 19.3 Å². The van der Waals surface area contributed by atoms with Gasteiger partial charge in [-0.2, -0.15) is 13.2 Å². The molecule has 3 rings (SSSR count). The van der Waals surface area contributed by atoms with E-state index in [2.05, 4.69) is 20.6 Å². The maximum Gasteiger partial charge on any atom is 0.449 e. The zero-order valence-electron chi connectivity index (χ0n) is 14.6. The number of aryl methyl sites for hydroxylation is 1. The summed E-state index contributed by atoms with van der Waals surface area (Å²) >= 11 is 0. The zero-order valence-corrected chi connectivity index (χ0v) is 14.6. The molecule has 0 atom stereocenters. The van der Waals surface area contributed by atoms with Crippen molar-refractivity contribution in [3.63, 3.8) is 0 Å². The normalized spacial score (nSPS) is 11.6. The van der Waals surface area contributed by atoms with Gasteiger partial charge in [0, 0.05) is 25.8 Å². The first kappa shape index (κ1) is 19.6. The van der Waals surface area contributed by atoms with E-state index < -0.39 is 18.0 Å². The molecule has 28 heavy (non-hydrogen) atoms. The molecule has 148 valence electrons. The third-order valence-corrected chi connectivity index (χ3v) is 3.97. The molecule has 0 saturated carbocycles. The van der Waals surface area contributed by atoms with Crippen LogP contribution in [-0.4, -0.2) is 27.1 Å².